The molecule has 0 bridgehead atoms. The number of nitrogens with zero attached hydrogens (tertiary/aromatic N) is 3. The number of carbonyl (C=O) groups is 1. The van der Waals surface area contributed by atoms with Gasteiger partial charge in [0.25, 0.3) is 0 Å². The first kappa shape index (κ1) is 24.8. The summed E-state index contributed by atoms with van der Waals surface area (Å²) in [7, 11) is 1.62. The Morgan fingerprint density at radius 3 is 2.51 bits per heavy atom. The van der Waals surface area contributed by atoms with Gasteiger partial charge in [-0.05, 0) is 61.9 Å². The number of ether oxygens (including phenoxy) is 1. The van der Waals surface area contributed by atoms with Crippen molar-refractivity contribution in [3.63, 3.8) is 0 Å². The zero-order valence-electron chi connectivity index (χ0n) is 20.2. The average Bonchev–Trinajstić information content (AvgIpc) is 2.82. The van der Waals surface area contributed by atoms with Crippen molar-refractivity contribution in [1.29, 1.82) is 0 Å². The van der Waals surface area contributed by atoms with E-state index >= 15 is 0 Å². The van der Waals surface area contributed by atoms with Crippen molar-refractivity contribution >= 4 is 22.6 Å². The molecular formula is C26H29F3N4O2. The summed E-state index contributed by atoms with van der Waals surface area (Å²) in [6, 6.07) is 8.79. The lowest BCUT2D eigenvalue weighted by Gasteiger charge is -2.32. The molecule has 3 aromatic rings. The molecule has 1 aliphatic heterocycles. The third kappa shape index (κ3) is 5.33. The summed E-state index contributed by atoms with van der Waals surface area (Å²) in [5, 5.41) is 4.08. The number of fused-ring (bicyclic) bond motifs is 1. The smallest absolute Gasteiger partial charge is 0.416 e. The first-order valence-corrected chi connectivity index (χ1v) is 11.6. The van der Waals surface area contributed by atoms with Crippen LogP contribution < -0.4 is 10.1 Å². The average molecular weight is 487 g/mol. The van der Waals surface area contributed by atoms with Gasteiger partial charge in [0.15, 0.2) is 0 Å². The van der Waals surface area contributed by atoms with Crippen LogP contribution in [0.2, 0.25) is 0 Å². The molecule has 1 saturated heterocycles. The molecule has 1 fully saturated rings. The number of likely N-dealkylation sites (tertiary alicyclic amines) is 1. The number of aromatic nitrogens is 2. The Labute approximate surface area is 202 Å². The fourth-order valence-corrected chi connectivity index (χ4v) is 4.67. The summed E-state index contributed by atoms with van der Waals surface area (Å²) in [4.78, 5) is 22.7. The number of nitrogens with one attached hydrogen (secondary N) is 1. The lowest BCUT2D eigenvalue weighted by Crippen LogP contribution is -2.36. The van der Waals surface area contributed by atoms with E-state index in [9.17, 15) is 18.0 Å². The van der Waals surface area contributed by atoms with Crippen molar-refractivity contribution in [3.05, 3.63) is 58.9 Å². The Hall–Kier alpha value is -3.36. The van der Waals surface area contributed by atoms with E-state index < -0.39 is 17.8 Å². The molecule has 2 heterocycles. The van der Waals surface area contributed by atoms with E-state index in [0.717, 1.165) is 41.7 Å². The molecule has 186 valence electrons. The van der Waals surface area contributed by atoms with Crippen molar-refractivity contribution in [3.8, 4) is 5.75 Å². The van der Waals surface area contributed by atoms with Gasteiger partial charge in [-0.15, -0.1) is 0 Å². The quantitative estimate of drug-likeness (QED) is 0.489. The van der Waals surface area contributed by atoms with Gasteiger partial charge in [-0.3, -0.25) is 4.79 Å². The van der Waals surface area contributed by atoms with Crippen LogP contribution in [-0.4, -0.2) is 41.0 Å². The van der Waals surface area contributed by atoms with Gasteiger partial charge < -0.3 is 15.0 Å². The number of amides is 1. The predicted molar refractivity (Wildman–Crippen MR) is 129 cm³/mol. The second-order valence-corrected chi connectivity index (χ2v) is 9.00. The first-order chi connectivity index (χ1) is 16.6. The van der Waals surface area contributed by atoms with Gasteiger partial charge in [0.05, 0.1) is 18.2 Å². The van der Waals surface area contributed by atoms with Gasteiger partial charge in [0, 0.05) is 37.5 Å². The molecule has 1 aliphatic rings. The molecule has 1 amide bonds. The molecule has 4 rings (SSSR count). The highest BCUT2D eigenvalue weighted by Gasteiger charge is 2.31. The van der Waals surface area contributed by atoms with Crippen LogP contribution in [0.5, 0.6) is 5.75 Å². The van der Waals surface area contributed by atoms with E-state index in [1.807, 2.05) is 17.0 Å². The maximum atomic E-state index is 13.2. The number of methoxy groups -OCH3 is 1. The third-order valence-electron chi connectivity index (χ3n) is 6.61. The number of aryl methyl sites for hydroxylation is 1. The molecule has 0 saturated carbocycles. The molecule has 1 aromatic heterocycles. The highest BCUT2D eigenvalue weighted by Crippen LogP contribution is 2.39. The van der Waals surface area contributed by atoms with E-state index in [1.165, 1.54) is 6.07 Å². The number of anilines is 1. The van der Waals surface area contributed by atoms with Crippen molar-refractivity contribution in [1.82, 2.24) is 14.9 Å². The zero-order chi connectivity index (χ0) is 25.3. The topological polar surface area (TPSA) is 67.4 Å². The van der Waals surface area contributed by atoms with Gasteiger partial charge in [0.1, 0.15) is 17.4 Å². The van der Waals surface area contributed by atoms with Crippen LogP contribution in [0.15, 0.2) is 36.4 Å². The Kier molecular flexibility index (Phi) is 6.87. The van der Waals surface area contributed by atoms with Crippen LogP contribution in [0.1, 0.15) is 61.2 Å². The minimum Gasteiger partial charge on any atom is -0.496 e. The van der Waals surface area contributed by atoms with E-state index in [1.54, 1.807) is 33.9 Å². The second-order valence-electron chi connectivity index (χ2n) is 9.00. The predicted octanol–water partition coefficient (Wildman–Crippen LogP) is 5.86. The van der Waals surface area contributed by atoms with Gasteiger partial charge in [0.2, 0.25) is 5.91 Å². The Bertz CT molecular complexity index is 1240. The van der Waals surface area contributed by atoms with E-state index in [0.29, 0.717) is 35.8 Å². The third-order valence-corrected chi connectivity index (χ3v) is 6.61. The molecule has 0 spiro atoms. The largest absolute Gasteiger partial charge is 0.496 e. The van der Waals surface area contributed by atoms with E-state index in [4.69, 9.17) is 4.74 Å². The lowest BCUT2D eigenvalue weighted by molar-refractivity contribution is -0.137. The molecular weight excluding hydrogens is 457 g/mol. The molecule has 0 aliphatic carbocycles. The van der Waals surface area contributed by atoms with Crippen LogP contribution in [0.25, 0.3) is 10.9 Å². The fraction of sp³-hybridized carbons (Fsp3) is 0.423. The van der Waals surface area contributed by atoms with Gasteiger partial charge in [-0.25, -0.2) is 9.97 Å². The van der Waals surface area contributed by atoms with Gasteiger partial charge in [-0.2, -0.15) is 13.2 Å². The number of benzene rings is 2. The monoisotopic (exact) mass is 486 g/mol. The van der Waals surface area contributed by atoms with Gasteiger partial charge in [-0.1, -0.05) is 12.1 Å². The first-order valence-electron chi connectivity index (χ1n) is 11.6. The normalized spacial score (nSPS) is 15.8. The number of piperidine rings is 1. The summed E-state index contributed by atoms with van der Waals surface area (Å²) in [5.41, 5.74) is 1.54. The summed E-state index contributed by atoms with van der Waals surface area (Å²) in [5.74, 6) is 2.12. The fourth-order valence-electron chi connectivity index (χ4n) is 4.67. The summed E-state index contributed by atoms with van der Waals surface area (Å²) >= 11 is 0. The SMILES string of the molecule is COc1cc2nc(C)nc(N[C@@H](C)c3cccc(C(F)(F)F)c3)c2cc1C1CCN(C(C)=O)CC1. The van der Waals surface area contributed by atoms with E-state index in [2.05, 4.69) is 15.3 Å². The Morgan fingerprint density at radius 2 is 1.89 bits per heavy atom. The van der Waals surface area contributed by atoms with Crippen molar-refractivity contribution in [2.45, 2.75) is 51.7 Å². The standard InChI is InChI=1S/C26H29F3N4O2/c1-15(19-6-5-7-20(12-19)26(27,28)29)30-25-22-13-21(18-8-10-33(11-9-18)17(3)34)24(35-4)14-23(22)31-16(2)32-25/h5-7,12-15,18H,8-11H2,1-4H3,(H,30,31,32)/t15-/m0/s1. The van der Waals surface area contributed by atoms with Crippen molar-refractivity contribution < 1.29 is 22.7 Å². The maximum absolute atomic E-state index is 13.2. The summed E-state index contributed by atoms with van der Waals surface area (Å²) < 4.78 is 45.3. The molecule has 9 heteroatoms. The van der Waals surface area contributed by atoms with Crippen LogP contribution in [0.3, 0.4) is 0 Å². The van der Waals surface area contributed by atoms with Crippen LogP contribution in [-0.2, 0) is 11.0 Å². The van der Waals surface area contributed by atoms with Gasteiger partial charge >= 0.3 is 6.18 Å². The molecule has 0 unspecified atom stereocenters. The Morgan fingerprint density at radius 1 is 1.17 bits per heavy atom. The molecule has 1 N–H and O–H groups in total. The zero-order valence-corrected chi connectivity index (χ0v) is 20.2. The van der Waals surface area contributed by atoms with Crippen LogP contribution in [0.4, 0.5) is 19.0 Å². The minimum absolute atomic E-state index is 0.0767. The molecule has 1 atom stereocenters. The number of hydrogen-bond donors (Lipinski definition) is 1. The van der Waals surface area contributed by atoms with Crippen molar-refractivity contribution in [2.75, 3.05) is 25.5 Å². The summed E-state index contributed by atoms with van der Waals surface area (Å²) in [6.45, 7) is 6.53. The van der Waals surface area contributed by atoms with Crippen LogP contribution in [0, 0.1) is 6.92 Å². The highest BCUT2D eigenvalue weighted by molar-refractivity contribution is 5.91. The lowest BCUT2D eigenvalue weighted by atomic mass is 9.88. The molecule has 35 heavy (non-hydrogen) atoms. The molecule has 2 aromatic carbocycles. The number of hydrogen-bond acceptors (Lipinski definition) is 5. The second kappa shape index (κ2) is 9.71. The number of halogens is 3. The Balaban J connectivity index is 1.69. The number of alkyl halides is 3. The molecule has 0 radical (unpaired) electrons. The maximum Gasteiger partial charge on any atom is 0.416 e. The number of carbonyl (C=O) groups excluding carboxylic acids is 1. The highest BCUT2D eigenvalue weighted by atomic mass is 19.4. The van der Waals surface area contributed by atoms with Crippen molar-refractivity contribution in [2.24, 2.45) is 0 Å². The molecule has 6 nitrogen and oxygen atoms in total. The van der Waals surface area contributed by atoms with E-state index in [-0.39, 0.29) is 11.8 Å². The minimum atomic E-state index is -4.41. The van der Waals surface area contributed by atoms with Crippen LogP contribution >= 0.6 is 0 Å². The summed E-state index contributed by atoms with van der Waals surface area (Å²) in [6.07, 6.45) is -2.77. The number of rotatable bonds is 5.